The Kier molecular flexibility index (Phi) is 5.88. The summed E-state index contributed by atoms with van der Waals surface area (Å²) in [6.07, 6.45) is 0.810. The van der Waals surface area contributed by atoms with E-state index in [1.165, 1.54) is 23.8 Å². The molecular formula is C19H20O3S. The minimum absolute atomic E-state index is 0.164. The fourth-order valence-corrected chi connectivity index (χ4v) is 3.65. The summed E-state index contributed by atoms with van der Waals surface area (Å²) < 4.78 is 4.74. The maximum Gasteiger partial charge on any atom is 0.341 e. The summed E-state index contributed by atoms with van der Waals surface area (Å²) in [5.74, 6) is 0.252. The lowest BCUT2D eigenvalue weighted by Crippen LogP contribution is -2.05. The van der Waals surface area contributed by atoms with Gasteiger partial charge < -0.3 is 9.84 Å². The predicted octanol–water partition coefficient (Wildman–Crippen LogP) is 4.67. The molecule has 2 rings (SSSR count). The lowest BCUT2D eigenvalue weighted by molar-refractivity contribution is -0.133. The monoisotopic (exact) mass is 328 g/mol. The van der Waals surface area contributed by atoms with Crippen molar-refractivity contribution in [2.45, 2.75) is 24.5 Å². The van der Waals surface area contributed by atoms with Crippen LogP contribution in [0.4, 0.5) is 0 Å². The van der Waals surface area contributed by atoms with Crippen molar-refractivity contribution >= 4 is 23.3 Å². The first-order valence-corrected chi connectivity index (χ1v) is 8.27. The second-order valence-electron chi connectivity index (χ2n) is 5.19. The maximum absolute atomic E-state index is 11.8. The molecule has 0 radical (unpaired) electrons. The van der Waals surface area contributed by atoms with Gasteiger partial charge in [-0.05, 0) is 36.6 Å². The minimum Gasteiger partial charge on any atom is -0.515 e. The molecule has 1 N–H and O–H groups in total. The van der Waals surface area contributed by atoms with Gasteiger partial charge in [0, 0.05) is 16.2 Å². The summed E-state index contributed by atoms with van der Waals surface area (Å²) in [6, 6.07) is 13.8. The number of hydrogen-bond acceptors (Lipinski definition) is 4. The second-order valence-corrected chi connectivity index (χ2v) is 6.21. The first-order valence-electron chi connectivity index (χ1n) is 7.28. The van der Waals surface area contributed by atoms with Crippen LogP contribution < -0.4 is 0 Å². The molecule has 0 bridgehead atoms. The fraction of sp³-hybridized carbons (Fsp3) is 0.211. The number of methoxy groups -OCH3 is 1. The fourth-order valence-electron chi connectivity index (χ4n) is 2.38. The molecule has 120 valence electrons. The second kappa shape index (κ2) is 7.88. The maximum atomic E-state index is 11.8. The van der Waals surface area contributed by atoms with Gasteiger partial charge in [-0.3, -0.25) is 0 Å². The van der Waals surface area contributed by atoms with E-state index in [0.717, 1.165) is 16.9 Å². The van der Waals surface area contributed by atoms with Gasteiger partial charge in [0.2, 0.25) is 0 Å². The van der Waals surface area contributed by atoms with Crippen molar-refractivity contribution in [1.29, 1.82) is 0 Å². The Bertz CT molecular complexity index is 715. The molecule has 0 aliphatic carbocycles. The summed E-state index contributed by atoms with van der Waals surface area (Å²) >= 11 is 1.64. The molecule has 23 heavy (non-hydrogen) atoms. The van der Waals surface area contributed by atoms with Crippen molar-refractivity contribution < 1.29 is 14.6 Å². The first kappa shape index (κ1) is 17.2. The number of esters is 1. The van der Waals surface area contributed by atoms with E-state index in [9.17, 15) is 9.90 Å². The van der Waals surface area contributed by atoms with Crippen LogP contribution in [-0.4, -0.2) is 18.2 Å². The third-order valence-corrected chi connectivity index (χ3v) is 4.83. The third-order valence-electron chi connectivity index (χ3n) is 3.73. The Hall–Kier alpha value is -2.20. The van der Waals surface area contributed by atoms with E-state index in [1.54, 1.807) is 11.8 Å². The Morgan fingerprint density at radius 2 is 1.78 bits per heavy atom. The number of benzene rings is 2. The number of aliphatic hydroxyl groups is 1. The highest BCUT2D eigenvalue weighted by Crippen LogP contribution is 2.32. The van der Waals surface area contributed by atoms with Gasteiger partial charge in [0.05, 0.1) is 13.4 Å². The van der Waals surface area contributed by atoms with E-state index in [1.807, 2.05) is 24.3 Å². The number of carbonyl (C=O) groups excluding carboxylic acids is 1. The van der Waals surface area contributed by atoms with Gasteiger partial charge in [-0.15, -0.1) is 11.8 Å². The van der Waals surface area contributed by atoms with Gasteiger partial charge in [-0.25, -0.2) is 4.79 Å². The molecule has 0 amide bonds. The molecule has 2 aromatic rings. The third kappa shape index (κ3) is 3.96. The van der Waals surface area contributed by atoms with E-state index in [0.29, 0.717) is 5.56 Å². The number of hydrogen-bond donors (Lipinski definition) is 1. The van der Waals surface area contributed by atoms with Crippen LogP contribution in [0, 0.1) is 13.8 Å². The van der Waals surface area contributed by atoms with Gasteiger partial charge in [-0.1, -0.05) is 36.4 Å². The lowest BCUT2D eigenvalue weighted by atomic mass is 10.1. The summed E-state index contributed by atoms with van der Waals surface area (Å²) in [5.41, 5.74) is 4.64. The van der Waals surface area contributed by atoms with Crippen LogP contribution in [0.2, 0.25) is 0 Å². The van der Waals surface area contributed by atoms with Crippen molar-refractivity contribution in [2.24, 2.45) is 0 Å². The molecule has 0 aromatic heterocycles. The van der Waals surface area contributed by atoms with Gasteiger partial charge in [0.1, 0.15) is 5.57 Å². The van der Waals surface area contributed by atoms with Gasteiger partial charge in [-0.2, -0.15) is 0 Å². The molecule has 3 nitrogen and oxygen atoms in total. The van der Waals surface area contributed by atoms with Crippen molar-refractivity contribution in [3.05, 3.63) is 71.0 Å². The highest BCUT2D eigenvalue weighted by molar-refractivity contribution is 7.98. The molecule has 0 aliphatic rings. The van der Waals surface area contributed by atoms with Gasteiger partial charge >= 0.3 is 5.97 Å². The van der Waals surface area contributed by atoms with E-state index in [-0.39, 0.29) is 5.57 Å². The highest BCUT2D eigenvalue weighted by atomic mass is 32.2. The summed E-state index contributed by atoms with van der Waals surface area (Å²) in [7, 11) is 1.30. The highest BCUT2D eigenvalue weighted by Gasteiger charge is 2.16. The van der Waals surface area contributed by atoms with Crippen molar-refractivity contribution in [2.75, 3.05) is 7.11 Å². The quantitative estimate of drug-likeness (QED) is 0.375. The molecule has 0 saturated carbocycles. The molecule has 0 spiro atoms. The Morgan fingerprint density at radius 1 is 1.13 bits per heavy atom. The molecule has 0 aliphatic heterocycles. The van der Waals surface area contributed by atoms with Crippen LogP contribution in [-0.2, 0) is 15.3 Å². The molecule has 0 fully saturated rings. The normalized spacial score (nSPS) is 11.3. The minimum atomic E-state index is -0.548. The molecule has 2 aromatic carbocycles. The number of rotatable bonds is 5. The number of ether oxygens (including phenoxy) is 1. The molecule has 0 heterocycles. The Labute approximate surface area is 141 Å². The van der Waals surface area contributed by atoms with E-state index >= 15 is 0 Å². The lowest BCUT2D eigenvalue weighted by Gasteiger charge is -2.13. The smallest absolute Gasteiger partial charge is 0.341 e. The SMILES string of the molecule is COC(=O)C(=CO)c1ccccc1SCc1c(C)cccc1C. The van der Waals surface area contributed by atoms with Gasteiger partial charge in [0.25, 0.3) is 0 Å². The van der Waals surface area contributed by atoms with Crippen molar-refractivity contribution in [3.63, 3.8) is 0 Å². The zero-order valence-electron chi connectivity index (χ0n) is 13.5. The summed E-state index contributed by atoms with van der Waals surface area (Å²) in [5, 5.41) is 9.41. The average Bonchev–Trinajstić information content (AvgIpc) is 2.56. The van der Waals surface area contributed by atoms with Crippen LogP contribution in [0.1, 0.15) is 22.3 Å². The van der Waals surface area contributed by atoms with E-state index in [4.69, 9.17) is 4.74 Å². The van der Waals surface area contributed by atoms with Crippen LogP contribution in [0.25, 0.3) is 5.57 Å². The van der Waals surface area contributed by atoms with Crippen LogP contribution in [0.5, 0.6) is 0 Å². The zero-order valence-corrected chi connectivity index (χ0v) is 14.3. The first-order chi connectivity index (χ1) is 11.1. The largest absolute Gasteiger partial charge is 0.515 e. The molecule has 4 heteroatoms. The number of aliphatic hydroxyl groups excluding tert-OH is 1. The Balaban J connectivity index is 2.30. The van der Waals surface area contributed by atoms with Gasteiger partial charge in [0.15, 0.2) is 0 Å². The van der Waals surface area contributed by atoms with Crippen LogP contribution in [0.3, 0.4) is 0 Å². The van der Waals surface area contributed by atoms with E-state index < -0.39 is 5.97 Å². The number of carbonyl (C=O) groups is 1. The number of thioether (sulfide) groups is 1. The molecule has 0 saturated heterocycles. The summed E-state index contributed by atoms with van der Waals surface area (Å²) in [6.45, 7) is 4.20. The zero-order chi connectivity index (χ0) is 16.8. The van der Waals surface area contributed by atoms with Crippen molar-refractivity contribution in [1.82, 2.24) is 0 Å². The van der Waals surface area contributed by atoms with Crippen LogP contribution in [0.15, 0.2) is 53.6 Å². The summed E-state index contributed by atoms with van der Waals surface area (Å²) in [4.78, 5) is 12.7. The molecule has 0 atom stereocenters. The Morgan fingerprint density at radius 3 is 2.39 bits per heavy atom. The van der Waals surface area contributed by atoms with E-state index in [2.05, 4.69) is 32.0 Å². The predicted molar refractivity (Wildman–Crippen MR) is 94.5 cm³/mol. The topological polar surface area (TPSA) is 46.5 Å². The molecular weight excluding hydrogens is 308 g/mol. The van der Waals surface area contributed by atoms with Crippen molar-refractivity contribution in [3.8, 4) is 0 Å². The molecule has 0 unspecified atom stereocenters. The number of aryl methyl sites for hydroxylation is 2. The standard InChI is InChI=1S/C19H20O3S/c1-13-7-6-8-14(2)17(13)12-23-18-10-5-4-9-15(18)16(11-20)19(21)22-3/h4-11,20H,12H2,1-3H3. The average molecular weight is 328 g/mol. The van der Waals surface area contributed by atoms with Crippen LogP contribution >= 0.6 is 11.8 Å².